The SMILES string of the molecule is C#CC1C2CC3(C(=O)N4CC[C@H](N)C(C)(C)C4)CC1CC(c1ccccc1)(C2)C3. The highest BCUT2D eigenvalue weighted by molar-refractivity contribution is 5.84. The maximum Gasteiger partial charge on any atom is 0.228 e. The lowest BCUT2D eigenvalue weighted by Crippen LogP contribution is -2.64. The molecular formula is C26H34N2O. The van der Waals surface area contributed by atoms with E-state index in [0.29, 0.717) is 23.7 Å². The molecule has 4 saturated carbocycles. The summed E-state index contributed by atoms with van der Waals surface area (Å²) in [5.74, 6) is 4.82. The predicted octanol–water partition coefficient (Wildman–Crippen LogP) is 3.97. The number of nitrogens with zero attached hydrogens (tertiary/aromatic N) is 1. The predicted molar refractivity (Wildman–Crippen MR) is 116 cm³/mol. The first-order valence-corrected chi connectivity index (χ1v) is 11.4. The van der Waals surface area contributed by atoms with Crippen LogP contribution in [-0.4, -0.2) is 29.9 Å². The summed E-state index contributed by atoms with van der Waals surface area (Å²) in [6, 6.07) is 11.1. The molecule has 2 N–H and O–H groups in total. The van der Waals surface area contributed by atoms with E-state index in [1.807, 2.05) is 0 Å². The van der Waals surface area contributed by atoms with Gasteiger partial charge in [0.05, 0.1) is 5.41 Å². The maximum atomic E-state index is 14.0. The van der Waals surface area contributed by atoms with Gasteiger partial charge in [0, 0.05) is 25.0 Å². The fraction of sp³-hybridized carbons (Fsp3) is 0.654. The van der Waals surface area contributed by atoms with E-state index in [1.54, 1.807) is 0 Å². The van der Waals surface area contributed by atoms with Crippen LogP contribution in [0.5, 0.6) is 0 Å². The van der Waals surface area contributed by atoms with Crippen LogP contribution in [-0.2, 0) is 10.2 Å². The van der Waals surface area contributed by atoms with Crippen molar-refractivity contribution in [3.63, 3.8) is 0 Å². The fourth-order valence-corrected chi connectivity index (χ4v) is 7.68. The zero-order valence-corrected chi connectivity index (χ0v) is 17.9. The van der Waals surface area contributed by atoms with Crippen LogP contribution in [0.2, 0.25) is 0 Å². The normalized spacial score (nSPS) is 42.5. The Labute approximate surface area is 175 Å². The Bertz CT molecular complexity index is 835. The summed E-state index contributed by atoms with van der Waals surface area (Å²) in [5.41, 5.74) is 7.65. The Morgan fingerprint density at radius 2 is 1.79 bits per heavy atom. The molecule has 3 nitrogen and oxygen atoms in total. The number of carbonyl (C=O) groups is 1. The third-order valence-electron chi connectivity index (χ3n) is 8.94. The van der Waals surface area contributed by atoms with Gasteiger partial charge in [-0.2, -0.15) is 0 Å². The van der Waals surface area contributed by atoms with Crippen molar-refractivity contribution < 1.29 is 4.79 Å². The van der Waals surface area contributed by atoms with Crippen molar-refractivity contribution in [1.29, 1.82) is 0 Å². The Hall–Kier alpha value is -1.79. The fourth-order valence-electron chi connectivity index (χ4n) is 7.68. The van der Waals surface area contributed by atoms with Crippen LogP contribution in [0.1, 0.15) is 57.9 Å². The molecule has 1 amide bonds. The highest BCUT2D eigenvalue weighted by atomic mass is 16.2. The van der Waals surface area contributed by atoms with Gasteiger partial charge in [-0.3, -0.25) is 4.79 Å². The number of carbonyl (C=O) groups excluding carboxylic acids is 1. The van der Waals surface area contributed by atoms with Crippen LogP contribution in [0.3, 0.4) is 0 Å². The number of terminal acetylenes is 1. The van der Waals surface area contributed by atoms with E-state index in [0.717, 1.165) is 51.6 Å². The smallest absolute Gasteiger partial charge is 0.228 e. The summed E-state index contributed by atoms with van der Waals surface area (Å²) in [6.07, 6.45) is 12.1. The molecule has 6 rings (SSSR count). The lowest BCUT2D eigenvalue weighted by molar-refractivity contribution is -0.167. The number of benzene rings is 1. The number of hydrogen-bond donors (Lipinski definition) is 1. The van der Waals surface area contributed by atoms with E-state index in [2.05, 4.69) is 55.0 Å². The molecule has 3 atom stereocenters. The number of amides is 1. The molecular weight excluding hydrogens is 356 g/mol. The van der Waals surface area contributed by atoms with Crippen molar-refractivity contribution in [3.05, 3.63) is 35.9 Å². The molecule has 1 aliphatic heterocycles. The van der Waals surface area contributed by atoms with Crippen molar-refractivity contribution >= 4 is 5.91 Å². The molecule has 4 aliphatic carbocycles. The van der Waals surface area contributed by atoms with E-state index in [-0.39, 0.29) is 22.3 Å². The second-order valence-electron chi connectivity index (χ2n) is 11.2. The third kappa shape index (κ3) is 2.79. The number of piperidine rings is 1. The maximum absolute atomic E-state index is 14.0. The molecule has 3 heteroatoms. The number of rotatable bonds is 2. The zero-order valence-electron chi connectivity index (χ0n) is 17.9. The Morgan fingerprint density at radius 3 is 2.38 bits per heavy atom. The van der Waals surface area contributed by atoms with Gasteiger partial charge in [-0.05, 0) is 66.8 Å². The number of likely N-dealkylation sites (tertiary alicyclic amines) is 1. The Morgan fingerprint density at radius 1 is 1.14 bits per heavy atom. The molecule has 2 unspecified atom stereocenters. The van der Waals surface area contributed by atoms with Crippen molar-refractivity contribution in [2.75, 3.05) is 13.1 Å². The van der Waals surface area contributed by atoms with Gasteiger partial charge in [0.15, 0.2) is 0 Å². The standard InChI is InChI=1S/C26H34N2O/c1-4-21-18-12-25(20-8-6-5-7-9-20)13-19(21)15-26(14-18,16-25)23(29)28-11-10-22(27)24(2,3)17-28/h1,5-9,18-19,21-22H,10-17,27H2,2-3H3/t18?,19?,21?,22-,25?,26?/m0/s1. The lowest BCUT2D eigenvalue weighted by atomic mass is 9.40. The van der Waals surface area contributed by atoms with E-state index in [9.17, 15) is 4.79 Å². The van der Waals surface area contributed by atoms with E-state index >= 15 is 0 Å². The van der Waals surface area contributed by atoms with Crippen LogP contribution < -0.4 is 5.73 Å². The third-order valence-corrected chi connectivity index (χ3v) is 8.94. The minimum atomic E-state index is -0.230. The van der Waals surface area contributed by atoms with Gasteiger partial charge in [-0.15, -0.1) is 12.3 Å². The first kappa shape index (κ1) is 19.2. The first-order valence-electron chi connectivity index (χ1n) is 11.4. The lowest BCUT2D eigenvalue weighted by Gasteiger charge is -2.64. The number of nitrogens with two attached hydrogens (primary N) is 1. The van der Waals surface area contributed by atoms with Crippen LogP contribution >= 0.6 is 0 Å². The van der Waals surface area contributed by atoms with E-state index in [4.69, 9.17) is 12.2 Å². The zero-order chi connectivity index (χ0) is 20.4. The van der Waals surface area contributed by atoms with Crippen molar-refractivity contribution in [1.82, 2.24) is 4.90 Å². The molecule has 0 radical (unpaired) electrons. The molecule has 1 aromatic carbocycles. The molecule has 5 aliphatic rings. The molecule has 154 valence electrons. The van der Waals surface area contributed by atoms with Crippen molar-refractivity contribution in [3.8, 4) is 12.3 Å². The van der Waals surface area contributed by atoms with Crippen LogP contribution in [0.25, 0.3) is 0 Å². The summed E-state index contributed by atoms with van der Waals surface area (Å²) in [5, 5.41) is 0. The van der Waals surface area contributed by atoms with Gasteiger partial charge < -0.3 is 10.6 Å². The second kappa shape index (κ2) is 6.35. The molecule has 5 fully saturated rings. The average Bonchev–Trinajstić information content (AvgIpc) is 2.70. The van der Waals surface area contributed by atoms with Gasteiger partial charge in [0.2, 0.25) is 5.91 Å². The van der Waals surface area contributed by atoms with Gasteiger partial charge in [0.25, 0.3) is 0 Å². The summed E-state index contributed by atoms with van der Waals surface area (Å²) < 4.78 is 0. The van der Waals surface area contributed by atoms with E-state index in [1.165, 1.54) is 5.56 Å². The van der Waals surface area contributed by atoms with Gasteiger partial charge in [-0.25, -0.2) is 0 Å². The Kier molecular flexibility index (Phi) is 4.20. The summed E-state index contributed by atoms with van der Waals surface area (Å²) in [6.45, 7) is 5.99. The van der Waals surface area contributed by atoms with Crippen molar-refractivity contribution in [2.45, 2.75) is 63.8 Å². The van der Waals surface area contributed by atoms with Crippen molar-refractivity contribution in [2.24, 2.45) is 34.3 Å². The summed E-state index contributed by atoms with van der Waals surface area (Å²) in [4.78, 5) is 16.2. The highest BCUT2D eigenvalue weighted by Crippen LogP contribution is 2.67. The molecule has 0 aromatic heterocycles. The van der Waals surface area contributed by atoms with Crippen LogP contribution in [0.15, 0.2) is 30.3 Å². The molecule has 4 bridgehead atoms. The molecule has 29 heavy (non-hydrogen) atoms. The average molecular weight is 391 g/mol. The quantitative estimate of drug-likeness (QED) is 0.777. The highest BCUT2D eigenvalue weighted by Gasteiger charge is 2.64. The number of hydrogen-bond acceptors (Lipinski definition) is 2. The van der Waals surface area contributed by atoms with Crippen LogP contribution in [0, 0.1) is 40.9 Å². The molecule has 0 spiro atoms. The Balaban J connectivity index is 1.50. The summed E-state index contributed by atoms with van der Waals surface area (Å²) >= 11 is 0. The topological polar surface area (TPSA) is 46.3 Å². The van der Waals surface area contributed by atoms with Gasteiger partial charge in [0.1, 0.15) is 0 Å². The molecule has 1 aromatic rings. The molecule has 1 heterocycles. The minimum Gasteiger partial charge on any atom is -0.342 e. The van der Waals surface area contributed by atoms with Gasteiger partial charge in [-0.1, -0.05) is 44.2 Å². The van der Waals surface area contributed by atoms with Gasteiger partial charge >= 0.3 is 0 Å². The monoisotopic (exact) mass is 390 g/mol. The first-order chi connectivity index (χ1) is 13.8. The second-order valence-corrected chi connectivity index (χ2v) is 11.2. The summed E-state index contributed by atoms with van der Waals surface area (Å²) in [7, 11) is 0. The van der Waals surface area contributed by atoms with E-state index < -0.39 is 0 Å². The minimum absolute atomic E-state index is 0.0192. The molecule has 1 saturated heterocycles. The largest absolute Gasteiger partial charge is 0.342 e. The van der Waals surface area contributed by atoms with Crippen LogP contribution in [0.4, 0.5) is 0 Å².